The van der Waals surface area contributed by atoms with Crippen LogP contribution in [0.25, 0.3) is 0 Å². The normalized spacial score (nSPS) is 26.7. The van der Waals surface area contributed by atoms with Crippen LogP contribution < -0.4 is 10.6 Å². The molecule has 1 aromatic rings. The molecule has 2 fully saturated rings. The van der Waals surface area contributed by atoms with Gasteiger partial charge in [-0.1, -0.05) is 51.1 Å². The minimum absolute atomic E-state index is 0. The van der Waals surface area contributed by atoms with E-state index in [-0.39, 0.29) is 30.7 Å². The van der Waals surface area contributed by atoms with Crippen molar-refractivity contribution in [1.82, 2.24) is 15.5 Å². The van der Waals surface area contributed by atoms with Gasteiger partial charge in [-0.05, 0) is 55.2 Å². The quantitative estimate of drug-likeness (QED) is 0.694. The van der Waals surface area contributed by atoms with Crippen molar-refractivity contribution in [1.29, 1.82) is 0 Å². The molecular weight excluding hydrogens is 405 g/mol. The maximum absolute atomic E-state index is 12.7. The Bertz CT molecular complexity index is 583. The third-order valence-electron chi connectivity index (χ3n) is 6.59. The number of hydrogen-bond donors (Lipinski definition) is 2. The number of carbonyl (C=O) groups excluding carboxylic acids is 1. The molecule has 2 aliphatic heterocycles. The summed E-state index contributed by atoms with van der Waals surface area (Å²) in [5.74, 6) is 2.39. The van der Waals surface area contributed by atoms with Crippen molar-refractivity contribution < 1.29 is 4.79 Å². The Labute approximate surface area is 189 Å². The zero-order chi connectivity index (χ0) is 19.2. The topological polar surface area (TPSA) is 44.4 Å². The van der Waals surface area contributed by atoms with Crippen molar-refractivity contribution in [2.24, 2.45) is 23.7 Å². The summed E-state index contributed by atoms with van der Waals surface area (Å²) in [4.78, 5) is 15.2. The van der Waals surface area contributed by atoms with Crippen molar-refractivity contribution in [3.05, 3.63) is 35.9 Å². The van der Waals surface area contributed by atoms with Crippen molar-refractivity contribution in [3.63, 3.8) is 0 Å². The van der Waals surface area contributed by atoms with E-state index in [4.69, 9.17) is 0 Å². The van der Waals surface area contributed by atoms with Crippen LogP contribution in [-0.2, 0) is 11.3 Å². The molecule has 29 heavy (non-hydrogen) atoms. The molecule has 1 aromatic carbocycles. The van der Waals surface area contributed by atoms with Gasteiger partial charge >= 0.3 is 0 Å². The number of amides is 1. The minimum atomic E-state index is 0. The van der Waals surface area contributed by atoms with Gasteiger partial charge in [-0.25, -0.2) is 0 Å². The Kier molecular flexibility index (Phi) is 11.6. The lowest BCUT2D eigenvalue weighted by atomic mass is 9.83. The molecule has 3 atom stereocenters. The van der Waals surface area contributed by atoms with Crippen LogP contribution in [0, 0.1) is 23.7 Å². The van der Waals surface area contributed by atoms with Crippen molar-refractivity contribution >= 4 is 30.7 Å². The summed E-state index contributed by atoms with van der Waals surface area (Å²) in [5.41, 5.74) is 1.37. The molecule has 6 heteroatoms. The molecule has 3 rings (SSSR count). The second-order valence-electron chi connectivity index (χ2n) is 9.00. The molecule has 2 aliphatic rings. The Morgan fingerprint density at radius 2 is 1.69 bits per heavy atom. The highest BCUT2D eigenvalue weighted by molar-refractivity contribution is 5.85. The molecule has 0 aromatic heterocycles. The molecule has 4 nitrogen and oxygen atoms in total. The maximum atomic E-state index is 12.7. The van der Waals surface area contributed by atoms with Gasteiger partial charge in [0.1, 0.15) is 0 Å². The minimum Gasteiger partial charge on any atom is -0.353 e. The summed E-state index contributed by atoms with van der Waals surface area (Å²) in [5, 5.41) is 6.81. The molecule has 0 bridgehead atoms. The van der Waals surface area contributed by atoms with Crippen molar-refractivity contribution in [2.75, 3.05) is 26.2 Å². The molecule has 2 saturated heterocycles. The Morgan fingerprint density at radius 1 is 1.10 bits per heavy atom. The third-order valence-corrected chi connectivity index (χ3v) is 6.59. The second kappa shape index (κ2) is 12.8. The average molecular weight is 444 g/mol. The number of rotatable bonds is 6. The van der Waals surface area contributed by atoms with Crippen LogP contribution in [-0.4, -0.2) is 43.0 Å². The second-order valence-corrected chi connectivity index (χ2v) is 9.00. The van der Waals surface area contributed by atoms with Gasteiger partial charge in [0.25, 0.3) is 0 Å². The highest BCUT2D eigenvalue weighted by atomic mass is 35.5. The lowest BCUT2D eigenvalue weighted by molar-refractivity contribution is -0.124. The number of likely N-dealkylation sites (tertiary alicyclic amines) is 1. The van der Waals surface area contributed by atoms with Crippen LogP contribution in [0.1, 0.15) is 45.6 Å². The molecule has 2 heterocycles. The van der Waals surface area contributed by atoms with Crippen molar-refractivity contribution in [2.45, 2.75) is 52.6 Å². The Morgan fingerprint density at radius 3 is 2.28 bits per heavy atom. The van der Waals surface area contributed by atoms with Crippen LogP contribution in [0.2, 0.25) is 0 Å². The molecule has 1 amide bonds. The first-order chi connectivity index (χ1) is 13.0. The molecule has 0 aliphatic carbocycles. The number of hydrogen-bond acceptors (Lipinski definition) is 3. The lowest BCUT2D eigenvalue weighted by Crippen LogP contribution is -2.54. The molecule has 166 valence electrons. The maximum Gasteiger partial charge on any atom is 0.220 e. The predicted octanol–water partition coefficient (Wildman–Crippen LogP) is 4.13. The zero-order valence-electron chi connectivity index (χ0n) is 18.1. The average Bonchev–Trinajstić information content (AvgIpc) is 2.66. The van der Waals surface area contributed by atoms with Crippen molar-refractivity contribution in [3.8, 4) is 0 Å². The van der Waals surface area contributed by atoms with Crippen LogP contribution in [0.5, 0.6) is 0 Å². The monoisotopic (exact) mass is 443 g/mol. The summed E-state index contributed by atoms with van der Waals surface area (Å²) in [6.07, 6.45) is 3.09. The summed E-state index contributed by atoms with van der Waals surface area (Å²) < 4.78 is 0. The van der Waals surface area contributed by atoms with E-state index in [1.165, 1.54) is 18.4 Å². The fourth-order valence-corrected chi connectivity index (χ4v) is 5.05. The zero-order valence-corrected chi connectivity index (χ0v) is 19.7. The predicted molar refractivity (Wildman–Crippen MR) is 126 cm³/mol. The van der Waals surface area contributed by atoms with Crippen LogP contribution in [0.15, 0.2) is 30.3 Å². The summed E-state index contributed by atoms with van der Waals surface area (Å²) in [7, 11) is 0. The first-order valence-electron chi connectivity index (χ1n) is 10.8. The summed E-state index contributed by atoms with van der Waals surface area (Å²) in [6, 6.07) is 11.0. The first kappa shape index (κ1) is 26.2. The van der Waals surface area contributed by atoms with Gasteiger partial charge in [-0.15, -0.1) is 24.8 Å². The van der Waals surface area contributed by atoms with E-state index < -0.39 is 0 Å². The van der Waals surface area contributed by atoms with Gasteiger partial charge < -0.3 is 10.6 Å². The van der Waals surface area contributed by atoms with E-state index in [0.717, 1.165) is 32.7 Å². The van der Waals surface area contributed by atoms with Crippen LogP contribution in [0.4, 0.5) is 0 Å². The molecule has 2 N–H and O–H groups in total. The lowest BCUT2D eigenvalue weighted by Gasteiger charge is -2.42. The van der Waals surface area contributed by atoms with Crippen LogP contribution in [0.3, 0.4) is 0 Å². The van der Waals surface area contributed by atoms with Gasteiger partial charge in [0.05, 0.1) is 0 Å². The van der Waals surface area contributed by atoms with Gasteiger partial charge in [0.2, 0.25) is 5.91 Å². The standard InChI is InChI=1S/C23H37N3O.2ClH/c1-17(21-9-11-24-12-10-21)13-22(27)25-23-18(2)14-26(15-19(23)3)16-20-7-5-4-6-8-20;;/h4-8,17-19,21,23-24H,9-16H2,1-3H3,(H,25,27);2*1H. The van der Waals surface area contributed by atoms with E-state index in [1.807, 2.05) is 0 Å². The molecule has 0 radical (unpaired) electrons. The fraction of sp³-hybridized carbons (Fsp3) is 0.696. The van der Waals surface area contributed by atoms with E-state index in [2.05, 4.69) is 66.6 Å². The highest BCUT2D eigenvalue weighted by Gasteiger charge is 2.33. The largest absolute Gasteiger partial charge is 0.353 e. The Balaban J connectivity index is 0.00000210. The van der Waals surface area contributed by atoms with Gasteiger partial charge in [-0.2, -0.15) is 0 Å². The van der Waals surface area contributed by atoms with E-state index in [0.29, 0.717) is 36.1 Å². The molecule has 0 saturated carbocycles. The first-order valence-corrected chi connectivity index (χ1v) is 10.8. The van der Waals surface area contributed by atoms with E-state index in [9.17, 15) is 4.79 Å². The van der Waals surface area contributed by atoms with Gasteiger partial charge in [-0.3, -0.25) is 9.69 Å². The number of carbonyl (C=O) groups is 1. The number of nitrogens with zero attached hydrogens (tertiary/aromatic N) is 1. The molecule has 3 unspecified atom stereocenters. The smallest absolute Gasteiger partial charge is 0.220 e. The fourth-order valence-electron chi connectivity index (χ4n) is 5.05. The summed E-state index contributed by atoms with van der Waals surface area (Å²) in [6.45, 7) is 12.1. The van der Waals surface area contributed by atoms with Gasteiger partial charge in [0, 0.05) is 32.1 Å². The highest BCUT2D eigenvalue weighted by Crippen LogP contribution is 2.26. The number of piperidine rings is 2. The Hall–Kier alpha value is -0.810. The van der Waals surface area contributed by atoms with Crippen LogP contribution >= 0.6 is 24.8 Å². The number of nitrogens with one attached hydrogen (secondary N) is 2. The number of benzene rings is 1. The van der Waals surface area contributed by atoms with E-state index >= 15 is 0 Å². The summed E-state index contributed by atoms with van der Waals surface area (Å²) >= 11 is 0. The van der Waals surface area contributed by atoms with E-state index in [1.54, 1.807) is 0 Å². The molecule has 0 spiro atoms. The SMILES string of the molecule is CC(CC(=O)NC1C(C)CN(Cc2ccccc2)CC1C)C1CCNCC1.Cl.Cl. The third kappa shape index (κ3) is 7.75. The number of halogens is 2. The molecular formula is C23H39Cl2N3O. The van der Waals surface area contributed by atoms with Gasteiger partial charge in [0.15, 0.2) is 0 Å².